The number of nitrogens with one attached hydrogen (secondary N) is 1. The molecule has 0 aromatic heterocycles. The van der Waals surface area contributed by atoms with Crippen molar-refractivity contribution in [3.8, 4) is 0 Å². The zero-order valence-electron chi connectivity index (χ0n) is 15.4. The van der Waals surface area contributed by atoms with Crippen molar-refractivity contribution >= 4 is 21.6 Å². The largest absolute Gasteiger partial charge is 0.416 e. The smallest absolute Gasteiger partial charge is 0.354 e. The van der Waals surface area contributed by atoms with E-state index in [0.29, 0.717) is 10.7 Å². The number of halogens is 3. The molecule has 0 aliphatic heterocycles. The molecule has 0 heterocycles. The van der Waals surface area contributed by atoms with Crippen LogP contribution in [0, 0.1) is 0 Å². The second kappa shape index (κ2) is 8.64. The van der Waals surface area contributed by atoms with E-state index in [1.54, 1.807) is 0 Å². The van der Waals surface area contributed by atoms with E-state index in [2.05, 4.69) is 5.32 Å². The molecule has 2 aromatic carbocycles. The molecule has 1 N–H and O–H groups in total. The SMILES string of the molecule is CC(C(=O)NCCc1ccccc1)N(c1cccc(C(F)(F)F)c1)S(C)(=O)=O. The molecule has 1 atom stereocenters. The Balaban J connectivity index is 2.17. The van der Waals surface area contributed by atoms with Gasteiger partial charge in [0.2, 0.25) is 15.9 Å². The summed E-state index contributed by atoms with van der Waals surface area (Å²) in [5.74, 6) is -0.598. The first-order valence-electron chi connectivity index (χ1n) is 8.48. The molecule has 0 saturated carbocycles. The van der Waals surface area contributed by atoms with E-state index in [1.807, 2.05) is 30.3 Å². The number of benzene rings is 2. The molecule has 2 aromatic rings. The molecule has 28 heavy (non-hydrogen) atoms. The molecule has 152 valence electrons. The van der Waals surface area contributed by atoms with Gasteiger partial charge in [-0.25, -0.2) is 8.42 Å². The number of rotatable bonds is 7. The molecule has 1 unspecified atom stereocenters. The number of hydrogen-bond acceptors (Lipinski definition) is 3. The first-order valence-corrected chi connectivity index (χ1v) is 10.3. The molecule has 0 radical (unpaired) electrons. The molecule has 0 fully saturated rings. The highest BCUT2D eigenvalue weighted by atomic mass is 32.2. The molecule has 5 nitrogen and oxygen atoms in total. The third-order valence-corrected chi connectivity index (χ3v) is 5.31. The highest BCUT2D eigenvalue weighted by Crippen LogP contribution is 2.32. The second-order valence-corrected chi connectivity index (χ2v) is 8.17. The Bertz CT molecular complexity index is 916. The van der Waals surface area contributed by atoms with E-state index in [-0.39, 0.29) is 12.2 Å². The van der Waals surface area contributed by atoms with Crippen molar-refractivity contribution in [2.75, 3.05) is 17.1 Å². The molecule has 0 aliphatic carbocycles. The Morgan fingerprint density at radius 1 is 1.11 bits per heavy atom. The Morgan fingerprint density at radius 3 is 2.32 bits per heavy atom. The lowest BCUT2D eigenvalue weighted by molar-refractivity contribution is -0.137. The Kier molecular flexibility index (Phi) is 6.71. The van der Waals surface area contributed by atoms with Crippen LogP contribution in [-0.4, -0.2) is 33.2 Å². The third-order valence-electron chi connectivity index (χ3n) is 4.07. The number of anilines is 1. The zero-order chi connectivity index (χ0) is 20.9. The minimum Gasteiger partial charge on any atom is -0.354 e. The lowest BCUT2D eigenvalue weighted by Crippen LogP contribution is -2.48. The van der Waals surface area contributed by atoms with Gasteiger partial charge in [0.1, 0.15) is 6.04 Å². The van der Waals surface area contributed by atoms with Crippen LogP contribution in [0.25, 0.3) is 0 Å². The minimum absolute atomic E-state index is 0.219. The van der Waals surface area contributed by atoms with Gasteiger partial charge in [0.05, 0.1) is 17.5 Å². The molecule has 0 bridgehead atoms. The molecular weight excluding hydrogens is 393 g/mol. The summed E-state index contributed by atoms with van der Waals surface area (Å²) in [6.45, 7) is 1.60. The Hall–Kier alpha value is -2.55. The van der Waals surface area contributed by atoms with E-state index in [9.17, 15) is 26.4 Å². The highest BCUT2D eigenvalue weighted by molar-refractivity contribution is 7.92. The van der Waals surface area contributed by atoms with Crippen LogP contribution in [-0.2, 0) is 27.4 Å². The number of amides is 1. The average molecular weight is 414 g/mol. The lowest BCUT2D eigenvalue weighted by Gasteiger charge is -2.28. The van der Waals surface area contributed by atoms with Crippen LogP contribution in [0.4, 0.5) is 18.9 Å². The van der Waals surface area contributed by atoms with E-state index < -0.39 is 33.7 Å². The molecule has 1 amide bonds. The summed E-state index contributed by atoms with van der Waals surface area (Å²) in [6, 6.07) is 12.0. The first-order chi connectivity index (χ1) is 13.0. The molecule has 0 aliphatic rings. The Labute approximate surface area is 162 Å². The fraction of sp³-hybridized carbons (Fsp3) is 0.316. The predicted octanol–water partition coefficient (Wildman–Crippen LogP) is 3.22. The fourth-order valence-corrected chi connectivity index (χ4v) is 3.92. The number of carbonyl (C=O) groups excluding carboxylic acids is 1. The normalized spacial score (nSPS) is 13.0. The second-order valence-electron chi connectivity index (χ2n) is 6.31. The van der Waals surface area contributed by atoms with Crippen molar-refractivity contribution in [1.29, 1.82) is 0 Å². The molecular formula is C19H21F3N2O3S. The van der Waals surface area contributed by atoms with E-state index in [4.69, 9.17) is 0 Å². The van der Waals surface area contributed by atoms with Crippen molar-refractivity contribution in [2.45, 2.75) is 25.6 Å². The number of sulfonamides is 1. The predicted molar refractivity (Wildman–Crippen MR) is 101 cm³/mol. The van der Waals surface area contributed by atoms with E-state index >= 15 is 0 Å². The van der Waals surface area contributed by atoms with Crippen molar-refractivity contribution in [2.24, 2.45) is 0 Å². The zero-order valence-corrected chi connectivity index (χ0v) is 16.2. The Morgan fingerprint density at radius 2 is 1.75 bits per heavy atom. The summed E-state index contributed by atoms with van der Waals surface area (Å²) in [5.41, 5.74) is -0.216. The van der Waals surface area contributed by atoms with Crippen LogP contribution in [0.3, 0.4) is 0 Å². The number of hydrogen-bond donors (Lipinski definition) is 1. The van der Waals surface area contributed by atoms with Crippen molar-refractivity contribution < 1.29 is 26.4 Å². The lowest BCUT2D eigenvalue weighted by atomic mass is 10.1. The van der Waals surface area contributed by atoms with Gasteiger partial charge in [-0.1, -0.05) is 36.4 Å². The molecule has 9 heteroatoms. The monoisotopic (exact) mass is 414 g/mol. The summed E-state index contributed by atoms with van der Waals surface area (Å²) < 4.78 is 64.0. The van der Waals surface area contributed by atoms with Gasteiger partial charge in [-0.2, -0.15) is 13.2 Å². The van der Waals surface area contributed by atoms with Crippen molar-refractivity contribution in [3.05, 3.63) is 65.7 Å². The number of carbonyl (C=O) groups is 1. The summed E-state index contributed by atoms with van der Waals surface area (Å²) in [5, 5.41) is 2.63. The molecule has 2 rings (SSSR count). The van der Waals surface area contributed by atoms with Gasteiger partial charge >= 0.3 is 6.18 Å². The quantitative estimate of drug-likeness (QED) is 0.757. The maximum absolute atomic E-state index is 13.0. The van der Waals surface area contributed by atoms with Gasteiger partial charge < -0.3 is 5.32 Å². The summed E-state index contributed by atoms with van der Waals surface area (Å²) in [7, 11) is -4.00. The van der Waals surface area contributed by atoms with Crippen LogP contribution >= 0.6 is 0 Å². The van der Waals surface area contributed by atoms with Gasteiger partial charge in [-0.15, -0.1) is 0 Å². The highest BCUT2D eigenvalue weighted by Gasteiger charge is 2.33. The number of nitrogens with zero attached hydrogens (tertiary/aromatic N) is 1. The standard InChI is InChI=1S/C19H21F3N2O3S/c1-14(18(25)23-12-11-15-7-4-3-5-8-15)24(28(2,26)27)17-10-6-9-16(13-17)19(20,21)22/h3-10,13-14H,11-12H2,1-2H3,(H,23,25). The third kappa shape index (κ3) is 5.72. The average Bonchev–Trinajstić information content (AvgIpc) is 2.61. The van der Waals surface area contributed by atoms with Crippen molar-refractivity contribution in [3.63, 3.8) is 0 Å². The summed E-state index contributed by atoms with van der Waals surface area (Å²) >= 11 is 0. The van der Waals surface area contributed by atoms with Crippen LogP contribution in [0.2, 0.25) is 0 Å². The molecule has 0 spiro atoms. The van der Waals surface area contributed by atoms with Gasteiger partial charge in [0, 0.05) is 6.54 Å². The van der Waals surface area contributed by atoms with E-state index in [0.717, 1.165) is 30.0 Å². The topological polar surface area (TPSA) is 66.5 Å². The van der Waals surface area contributed by atoms with Crippen LogP contribution < -0.4 is 9.62 Å². The van der Waals surface area contributed by atoms with Crippen LogP contribution in [0.15, 0.2) is 54.6 Å². The summed E-state index contributed by atoms with van der Waals surface area (Å²) in [6.07, 6.45) is -3.23. The minimum atomic E-state index is -4.62. The fourth-order valence-electron chi connectivity index (χ4n) is 2.75. The van der Waals surface area contributed by atoms with E-state index in [1.165, 1.54) is 13.0 Å². The van der Waals surface area contributed by atoms with Crippen LogP contribution in [0.5, 0.6) is 0 Å². The van der Waals surface area contributed by atoms with Gasteiger partial charge in [0.25, 0.3) is 0 Å². The molecule has 0 saturated heterocycles. The first kappa shape index (κ1) is 21.7. The van der Waals surface area contributed by atoms with Gasteiger partial charge in [0.15, 0.2) is 0 Å². The van der Waals surface area contributed by atoms with Crippen LogP contribution in [0.1, 0.15) is 18.1 Å². The van der Waals surface area contributed by atoms with Gasteiger partial charge in [-0.3, -0.25) is 9.10 Å². The number of alkyl halides is 3. The maximum Gasteiger partial charge on any atom is 0.416 e. The van der Waals surface area contributed by atoms with Crippen molar-refractivity contribution in [1.82, 2.24) is 5.32 Å². The van der Waals surface area contributed by atoms with Gasteiger partial charge in [-0.05, 0) is 37.1 Å². The maximum atomic E-state index is 13.0. The summed E-state index contributed by atoms with van der Waals surface area (Å²) in [4.78, 5) is 12.4.